The van der Waals surface area contributed by atoms with Crippen LogP contribution < -0.4 is 19.1 Å². The minimum atomic E-state index is -3.61. The maximum atomic E-state index is 13.1. The van der Waals surface area contributed by atoms with E-state index >= 15 is 0 Å². The molecule has 1 atom stereocenters. The molecule has 2 aromatic rings. The number of carbonyl (C=O) groups is 2. The van der Waals surface area contributed by atoms with Gasteiger partial charge >= 0.3 is 0 Å². The number of hydrogen-bond donors (Lipinski definition) is 1. The molecule has 1 heterocycles. The van der Waals surface area contributed by atoms with Gasteiger partial charge in [0, 0.05) is 37.6 Å². The minimum absolute atomic E-state index is 0.0440. The Kier molecular flexibility index (Phi) is 8.27. The first kappa shape index (κ1) is 25.6. The van der Waals surface area contributed by atoms with Gasteiger partial charge in [0.2, 0.25) is 28.6 Å². The molecule has 1 aliphatic heterocycles. The number of nitrogens with one attached hydrogen (secondary N) is 1. The van der Waals surface area contributed by atoms with Crippen molar-refractivity contribution in [3.05, 3.63) is 53.1 Å². The highest BCUT2D eigenvalue weighted by Gasteiger charge is 2.27. The number of fused-ring (bicyclic) bond motifs is 1. The van der Waals surface area contributed by atoms with E-state index in [9.17, 15) is 18.0 Å². The maximum absolute atomic E-state index is 13.1. The number of nitrogens with zero attached hydrogens (tertiary/aromatic N) is 2. The molecule has 0 saturated heterocycles. The molecule has 0 aliphatic carbocycles. The second-order valence-corrected chi connectivity index (χ2v) is 10.2. The fourth-order valence-electron chi connectivity index (χ4n) is 3.65. The lowest BCUT2D eigenvalue weighted by atomic mass is 10.1. The number of amides is 2. The molecule has 3 rings (SSSR count). The summed E-state index contributed by atoms with van der Waals surface area (Å²) in [5.74, 6) is 0.423. The standard InChI is InChI=1S/C23H28ClN3O6S/c1-16(23(29)25-2)26(14-17-7-4-5-8-19(17)24)22(28)9-6-12-27(34(3,30)31)18-10-11-20-21(13-18)33-15-32-20/h4-5,7-8,10-11,13,16H,6,9,12,14-15H2,1-3H3,(H,25,29). The lowest BCUT2D eigenvalue weighted by Crippen LogP contribution is -2.46. The first-order valence-corrected chi connectivity index (χ1v) is 13.0. The topological polar surface area (TPSA) is 105 Å². The first-order valence-electron chi connectivity index (χ1n) is 10.7. The molecule has 1 aliphatic rings. The molecular formula is C23H28ClN3O6S. The molecule has 11 heteroatoms. The summed E-state index contributed by atoms with van der Waals surface area (Å²) in [5.41, 5.74) is 1.14. The van der Waals surface area contributed by atoms with Crippen molar-refractivity contribution >= 4 is 39.1 Å². The summed E-state index contributed by atoms with van der Waals surface area (Å²) in [5, 5.41) is 3.06. The Labute approximate surface area is 204 Å². The van der Waals surface area contributed by atoms with E-state index in [0.29, 0.717) is 27.8 Å². The quantitative estimate of drug-likeness (QED) is 0.528. The van der Waals surface area contributed by atoms with Gasteiger partial charge in [-0.25, -0.2) is 8.42 Å². The number of halogens is 1. The molecular weight excluding hydrogens is 482 g/mol. The summed E-state index contributed by atoms with van der Waals surface area (Å²) in [6.45, 7) is 1.96. The van der Waals surface area contributed by atoms with Crippen molar-refractivity contribution in [2.24, 2.45) is 0 Å². The minimum Gasteiger partial charge on any atom is -0.454 e. The van der Waals surface area contributed by atoms with E-state index < -0.39 is 16.1 Å². The van der Waals surface area contributed by atoms with Gasteiger partial charge in [0.1, 0.15) is 6.04 Å². The van der Waals surface area contributed by atoms with E-state index in [4.69, 9.17) is 21.1 Å². The summed E-state index contributed by atoms with van der Waals surface area (Å²) >= 11 is 6.26. The van der Waals surface area contributed by atoms with Crippen LogP contribution in [0, 0.1) is 0 Å². The Bertz CT molecular complexity index is 1160. The van der Waals surface area contributed by atoms with Gasteiger partial charge in [-0.3, -0.25) is 13.9 Å². The summed E-state index contributed by atoms with van der Waals surface area (Å²) in [6.07, 6.45) is 1.40. The zero-order valence-electron chi connectivity index (χ0n) is 19.3. The van der Waals surface area contributed by atoms with Crippen molar-refractivity contribution < 1.29 is 27.5 Å². The SMILES string of the molecule is CNC(=O)C(C)N(Cc1ccccc1Cl)C(=O)CCCN(c1ccc2c(c1)OCO2)S(C)(=O)=O. The van der Waals surface area contributed by atoms with Gasteiger partial charge in [-0.05, 0) is 37.1 Å². The first-order chi connectivity index (χ1) is 16.1. The Morgan fingerprint density at radius 1 is 1.15 bits per heavy atom. The van der Waals surface area contributed by atoms with Crippen LogP contribution in [0.2, 0.25) is 5.02 Å². The number of carbonyl (C=O) groups excluding carboxylic acids is 2. The lowest BCUT2D eigenvalue weighted by molar-refractivity contribution is -0.140. The number of likely N-dealkylation sites (N-methyl/N-ethyl adjacent to an activating group) is 1. The summed E-state index contributed by atoms with van der Waals surface area (Å²) in [4.78, 5) is 26.9. The van der Waals surface area contributed by atoms with Gasteiger partial charge in [0.15, 0.2) is 11.5 Å². The van der Waals surface area contributed by atoms with Crippen LogP contribution in [-0.4, -0.2) is 57.8 Å². The van der Waals surface area contributed by atoms with Gasteiger partial charge in [0.25, 0.3) is 0 Å². The van der Waals surface area contributed by atoms with E-state index in [0.717, 1.165) is 6.26 Å². The molecule has 2 aromatic carbocycles. The average Bonchev–Trinajstić information content (AvgIpc) is 3.27. The molecule has 184 valence electrons. The van der Waals surface area contributed by atoms with Crippen LogP contribution in [0.4, 0.5) is 5.69 Å². The second kappa shape index (κ2) is 11.0. The zero-order valence-corrected chi connectivity index (χ0v) is 20.9. The second-order valence-electron chi connectivity index (χ2n) is 7.88. The number of rotatable bonds is 10. The number of sulfonamides is 1. The molecule has 0 spiro atoms. The smallest absolute Gasteiger partial charge is 0.242 e. The van der Waals surface area contributed by atoms with Gasteiger partial charge in [-0.1, -0.05) is 29.8 Å². The van der Waals surface area contributed by atoms with E-state index in [1.165, 1.54) is 16.3 Å². The van der Waals surface area contributed by atoms with Crippen LogP contribution in [0.1, 0.15) is 25.3 Å². The van der Waals surface area contributed by atoms with Crippen LogP contribution in [0.15, 0.2) is 42.5 Å². The Morgan fingerprint density at radius 2 is 1.85 bits per heavy atom. The summed E-state index contributed by atoms with van der Waals surface area (Å²) in [7, 11) is -2.10. The van der Waals surface area contributed by atoms with Crippen molar-refractivity contribution in [3.8, 4) is 11.5 Å². The van der Waals surface area contributed by atoms with Crippen LogP contribution in [-0.2, 0) is 26.2 Å². The van der Waals surface area contributed by atoms with E-state index in [1.807, 2.05) is 6.07 Å². The average molecular weight is 510 g/mol. The number of hydrogen-bond acceptors (Lipinski definition) is 6. The maximum Gasteiger partial charge on any atom is 0.242 e. The van der Waals surface area contributed by atoms with Crippen LogP contribution in [0.25, 0.3) is 0 Å². The third-order valence-electron chi connectivity index (χ3n) is 5.51. The van der Waals surface area contributed by atoms with E-state index in [-0.39, 0.29) is 44.5 Å². The largest absolute Gasteiger partial charge is 0.454 e. The summed E-state index contributed by atoms with van der Waals surface area (Å²) < 4.78 is 36.8. The third kappa shape index (κ3) is 6.12. The normalized spacial score (nSPS) is 13.3. The van der Waals surface area contributed by atoms with E-state index in [1.54, 1.807) is 43.3 Å². The predicted octanol–water partition coefficient (Wildman–Crippen LogP) is 2.78. The van der Waals surface area contributed by atoms with Crippen molar-refractivity contribution in [1.29, 1.82) is 0 Å². The molecule has 0 radical (unpaired) electrons. The van der Waals surface area contributed by atoms with Crippen molar-refractivity contribution in [2.75, 3.05) is 30.9 Å². The van der Waals surface area contributed by atoms with Crippen molar-refractivity contribution in [3.63, 3.8) is 0 Å². The molecule has 0 aromatic heterocycles. The molecule has 1 unspecified atom stereocenters. The fourth-order valence-corrected chi connectivity index (χ4v) is 4.80. The molecule has 2 amide bonds. The van der Waals surface area contributed by atoms with Gasteiger partial charge < -0.3 is 19.7 Å². The molecule has 34 heavy (non-hydrogen) atoms. The molecule has 0 fully saturated rings. The van der Waals surface area contributed by atoms with E-state index in [2.05, 4.69) is 5.32 Å². The van der Waals surface area contributed by atoms with Gasteiger partial charge in [0.05, 0.1) is 11.9 Å². The lowest BCUT2D eigenvalue weighted by Gasteiger charge is -2.29. The Balaban J connectivity index is 1.73. The summed E-state index contributed by atoms with van der Waals surface area (Å²) in [6, 6.07) is 11.3. The number of benzene rings is 2. The fraction of sp³-hybridized carbons (Fsp3) is 0.391. The van der Waals surface area contributed by atoms with Gasteiger partial charge in [-0.2, -0.15) is 0 Å². The van der Waals surface area contributed by atoms with Crippen molar-refractivity contribution in [2.45, 2.75) is 32.4 Å². The Hall–Kier alpha value is -2.98. The highest BCUT2D eigenvalue weighted by Crippen LogP contribution is 2.36. The third-order valence-corrected chi connectivity index (χ3v) is 7.07. The van der Waals surface area contributed by atoms with Crippen LogP contribution >= 0.6 is 11.6 Å². The van der Waals surface area contributed by atoms with Crippen molar-refractivity contribution in [1.82, 2.24) is 10.2 Å². The van der Waals surface area contributed by atoms with Crippen LogP contribution in [0.3, 0.4) is 0 Å². The highest BCUT2D eigenvalue weighted by atomic mass is 35.5. The molecule has 9 nitrogen and oxygen atoms in total. The monoisotopic (exact) mass is 509 g/mol. The number of ether oxygens (including phenoxy) is 2. The van der Waals surface area contributed by atoms with Gasteiger partial charge in [-0.15, -0.1) is 0 Å². The van der Waals surface area contributed by atoms with Crippen LogP contribution in [0.5, 0.6) is 11.5 Å². The Morgan fingerprint density at radius 3 is 2.53 bits per heavy atom. The molecule has 0 saturated carbocycles. The number of anilines is 1. The zero-order chi connectivity index (χ0) is 24.9. The molecule has 1 N–H and O–H groups in total. The predicted molar refractivity (Wildman–Crippen MR) is 130 cm³/mol. The highest BCUT2D eigenvalue weighted by molar-refractivity contribution is 7.92. The molecule has 0 bridgehead atoms.